The zero-order valence-corrected chi connectivity index (χ0v) is 16.5. The minimum Gasteiger partial charge on any atom is -0.387 e. The van der Waals surface area contributed by atoms with Crippen LogP contribution in [0.4, 0.5) is 4.39 Å². The summed E-state index contributed by atoms with van der Waals surface area (Å²) in [5.74, 6) is -0.423. The molecule has 150 valence electrons. The first-order valence-electron chi connectivity index (χ1n) is 9.72. The maximum atomic E-state index is 13.8. The molecule has 0 amide bonds. The van der Waals surface area contributed by atoms with Gasteiger partial charge in [-0.1, -0.05) is 24.3 Å². The van der Waals surface area contributed by atoms with E-state index in [2.05, 4.69) is 0 Å². The van der Waals surface area contributed by atoms with Crippen LogP contribution in [-0.2, 0) is 22.9 Å². The highest BCUT2D eigenvalue weighted by Gasteiger charge is 2.30. The van der Waals surface area contributed by atoms with Gasteiger partial charge in [-0.2, -0.15) is 4.31 Å². The fourth-order valence-corrected chi connectivity index (χ4v) is 5.57. The van der Waals surface area contributed by atoms with Gasteiger partial charge in [0, 0.05) is 38.3 Å². The summed E-state index contributed by atoms with van der Waals surface area (Å²) in [4.78, 5) is 2.35. The van der Waals surface area contributed by atoms with Crippen LogP contribution in [-0.4, -0.2) is 55.5 Å². The van der Waals surface area contributed by atoms with Crippen molar-refractivity contribution in [2.24, 2.45) is 0 Å². The number of aliphatic hydroxyl groups is 1. The average Bonchev–Trinajstić information content (AvgIpc) is 3.16. The van der Waals surface area contributed by atoms with Gasteiger partial charge in [-0.05, 0) is 48.6 Å². The van der Waals surface area contributed by atoms with Crippen molar-refractivity contribution >= 4 is 10.0 Å². The lowest BCUT2D eigenvalue weighted by molar-refractivity contribution is 0.0898. The Morgan fingerprint density at radius 2 is 1.71 bits per heavy atom. The third-order valence-electron chi connectivity index (χ3n) is 5.73. The molecular weight excluding hydrogens is 379 g/mol. The Morgan fingerprint density at radius 3 is 2.46 bits per heavy atom. The topological polar surface area (TPSA) is 60.9 Å². The molecule has 0 spiro atoms. The van der Waals surface area contributed by atoms with Gasteiger partial charge in [-0.15, -0.1) is 0 Å². The van der Waals surface area contributed by atoms with Crippen LogP contribution in [0, 0.1) is 5.82 Å². The fraction of sp³-hybridized carbons (Fsp3) is 0.429. The Kier molecular flexibility index (Phi) is 5.51. The van der Waals surface area contributed by atoms with Crippen molar-refractivity contribution in [1.82, 2.24) is 9.21 Å². The SMILES string of the molecule is O=S(=O)(c1ccc2c(c1)CCC2)N1CCN(CC(O)c2ccccc2F)CC1. The lowest BCUT2D eigenvalue weighted by Gasteiger charge is -2.35. The number of halogens is 1. The maximum absolute atomic E-state index is 13.8. The average molecular weight is 405 g/mol. The highest BCUT2D eigenvalue weighted by molar-refractivity contribution is 7.89. The van der Waals surface area contributed by atoms with Crippen molar-refractivity contribution in [3.05, 3.63) is 65.0 Å². The molecule has 1 saturated heterocycles. The molecule has 0 aromatic heterocycles. The van der Waals surface area contributed by atoms with E-state index in [0.717, 1.165) is 24.8 Å². The van der Waals surface area contributed by atoms with Gasteiger partial charge in [0.15, 0.2) is 0 Å². The van der Waals surface area contributed by atoms with E-state index in [1.54, 1.807) is 24.3 Å². The molecule has 1 aliphatic heterocycles. The molecule has 1 aliphatic carbocycles. The van der Waals surface area contributed by atoms with Crippen LogP contribution in [0.2, 0.25) is 0 Å². The van der Waals surface area contributed by atoms with Gasteiger partial charge in [0.2, 0.25) is 10.0 Å². The Bertz CT molecular complexity index is 956. The molecule has 0 saturated carbocycles. The van der Waals surface area contributed by atoms with E-state index in [-0.39, 0.29) is 12.1 Å². The summed E-state index contributed by atoms with van der Waals surface area (Å²) in [5, 5.41) is 10.3. The van der Waals surface area contributed by atoms with Crippen molar-refractivity contribution < 1.29 is 17.9 Å². The normalized spacial score (nSPS) is 19.5. The summed E-state index contributed by atoms with van der Waals surface area (Å²) < 4.78 is 41.3. The predicted octanol–water partition coefficient (Wildman–Crippen LogP) is 2.35. The van der Waals surface area contributed by atoms with Gasteiger partial charge >= 0.3 is 0 Å². The summed E-state index contributed by atoms with van der Waals surface area (Å²) >= 11 is 0. The summed E-state index contributed by atoms with van der Waals surface area (Å²) in [6, 6.07) is 11.7. The number of rotatable bonds is 5. The first-order valence-corrected chi connectivity index (χ1v) is 11.2. The first kappa shape index (κ1) is 19.5. The molecule has 0 radical (unpaired) electrons. The van der Waals surface area contributed by atoms with Crippen molar-refractivity contribution in [1.29, 1.82) is 0 Å². The molecule has 1 unspecified atom stereocenters. The number of fused-ring (bicyclic) bond motifs is 1. The van der Waals surface area contributed by atoms with Crippen LogP contribution in [0.15, 0.2) is 47.4 Å². The predicted molar refractivity (Wildman–Crippen MR) is 105 cm³/mol. The smallest absolute Gasteiger partial charge is 0.243 e. The third kappa shape index (κ3) is 3.85. The number of sulfonamides is 1. The van der Waals surface area contributed by atoms with Crippen molar-refractivity contribution in [3.63, 3.8) is 0 Å². The van der Waals surface area contributed by atoms with Gasteiger partial charge in [0.05, 0.1) is 11.0 Å². The zero-order valence-electron chi connectivity index (χ0n) is 15.7. The molecule has 0 bridgehead atoms. The number of piperazine rings is 1. The van der Waals surface area contributed by atoms with E-state index in [1.165, 1.54) is 15.9 Å². The third-order valence-corrected chi connectivity index (χ3v) is 7.63. The minimum atomic E-state index is -3.51. The van der Waals surface area contributed by atoms with E-state index in [0.29, 0.717) is 31.1 Å². The Hall–Kier alpha value is -1.80. The van der Waals surface area contributed by atoms with E-state index in [9.17, 15) is 17.9 Å². The molecule has 28 heavy (non-hydrogen) atoms. The van der Waals surface area contributed by atoms with Crippen LogP contribution in [0.5, 0.6) is 0 Å². The minimum absolute atomic E-state index is 0.274. The molecular formula is C21H25FN2O3S. The van der Waals surface area contributed by atoms with Gasteiger partial charge in [-0.25, -0.2) is 12.8 Å². The van der Waals surface area contributed by atoms with Crippen LogP contribution in [0.3, 0.4) is 0 Å². The molecule has 2 aliphatic rings. The quantitative estimate of drug-likeness (QED) is 0.831. The number of hydrogen-bond acceptors (Lipinski definition) is 4. The fourth-order valence-electron chi connectivity index (χ4n) is 4.10. The number of β-amino-alcohol motifs (C(OH)–C–C–N with tert-alkyl or cyclic N) is 1. The van der Waals surface area contributed by atoms with E-state index >= 15 is 0 Å². The van der Waals surface area contributed by atoms with Gasteiger partial charge < -0.3 is 5.11 Å². The second kappa shape index (κ2) is 7.91. The molecule has 2 aromatic rings. The molecule has 2 aromatic carbocycles. The summed E-state index contributed by atoms with van der Waals surface area (Å²) in [7, 11) is -3.51. The van der Waals surface area contributed by atoms with Crippen LogP contribution < -0.4 is 0 Å². The molecule has 5 nitrogen and oxygen atoms in total. The monoisotopic (exact) mass is 404 g/mol. The number of hydrogen-bond donors (Lipinski definition) is 1. The lowest BCUT2D eigenvalue weighted by atomic mass is 10.1. The van der Waals surface area contributed by atoms with E-state index in [1.807, 2.05) is 17.0 Å². The first-order chi connectivity index (χ1) is 13.4. The van der Waals surface area contributed by atoms with Crippen molar-refractivity contribution in [2.75, 3.05) is 32.7 Å². The van der Waals surface area contributed by atoms with Crippen molar-refractivity contribution in [3.8, 4) is 0 Å². The summed E-state index contributed by atoms with van der Waals surface area (Å²) in [6.07, 6.45) is 2.13. The van der Waals surface area contributed by atoms with E-state index < -0.39 is 21.9 Å². The van der Waals surface area contributed by atoms with Crippen LogP contribution in [0.1, 0.15) is 29.2 Å². The number of benzene rings is 2. The van der Waals surface area contributed by atoms with Crippen LogP contribution >= 0.6 is 0 Å². The second-order valence-corrected chi connectivity index (χ2v) is 9.46. The second-order valence-electron chi connectivity index (χ2n) is 7.53. The van der Waals surface area contributed by atoms with Gasteiger partial charge in [-0.3, -0.25) is 4.90 Å². The highest BCUT2D eigenvalue weighted by atomic mass is 32.2. The summed E-state index contributed by atoms with van der Waals surface area (Å²) in [5.41, 5.74) is 2.68. The van der Waals surface area contributed by atoms with Gasteiger partial charge in [0.25, 0.3) is 0 Å². The molecule has 1 heterocycles. The summed E-state index contributed by atoms with van der Waals surface area (Å²) in [6.45, 7) is 2.03. The van der Waals surface area contributed by atoms with Crippen molar-refractivity contribution in [2.45, 2.75) is 30.3 Å². The Labute approximate surface area is 165 Å². The molecule has 1 atom stereocenters. The largest absolute Gasteiger partial charge is 0.387 e. The van der Waals surface area contributed by atoms with E-state index in [4.69, 9.17) is 0 Å². The number of aryl methyl sites for hydroxylation is 2. The molecule has 7 heteroatoms. The zero-order chi connectivity index (χ0) is 19.7. The Morgan fingerprint density at radius 1 is 1.00 bits per heavy atom. The standard InChI is InChI=1S/C21H25FN2O3S/c22-20-7-2-1-6-19(20)21(25)15-23-10-12-24(13-11-23)28(26,27)18-9-8-16-4-3-5-17(16)14-18/h1-2,6-9,14,21,25H,3-5,10-13,15H2. The maximum Gasteiger partial charge on any atom is 0.243 e. The Balaban J connectivity index is 1.39. The van der Waals surface area contributed by atoms with Crippen LogP contribution in [0.25, 0.3) is 0 Å². The lowest BCUT2D eigenvalue weighted by Crippen LogP contribution is -2.49. The molecule has 1 N–H and O–H groups in total. The van der Waals surface area contributed by atoms with Gasteiger partial charge in [0.1, 0.15) is 5.82 Å². The number of nitrogens with zero attached hydrogens (tertiary/aromatic N) is 2. The number of aliphatic hydroxyl groups excluding tert-OH is 1. The molecule has 4 rings (SSSR count). The molecule has 1 fully saturated rings. The highest BCUT2D eigenvalue weighted by Crippen LogP contribution is 2.27.